The van der Waals surface area contributed by atoms with Crippen LogP contribution in [0.1, 0.15) is 17.5 Å². The number of carbonyl (C=O) groups is 1. The van der Waals surface area contributed by atoms with Crippen molar-refractivity contribution in [3.8, 4) is 0 Å². The van der Waals surface area contributed by atoms with Crippen LogP contribution in [0.15, 0.2) is 29.2 Å². The fourth-order valence-corrected chi connectivity index (χ4v) is 5.69. The Morgan fingerprint density at radius 1 is 1.32 bits per heavy atom. The van der Waals surface area contributed by atoms with Crippen molar-refractivity contribution < 1.29 is 13.2 Å². The normalized spacial score (nSPS) is 26.1. The second-order valence-corrected chi connectivity index (χ2v) is 9.42. The molecule has 0 aliphatic carbocycles. The zero-order valence-electron chi connectivity index (χ0n) is 12.0. The number of aryl methyl sites for hydroxylation is 1. The standard InChI is InChI=1S/C15H15NO3S3/c1-10-2-4-11(5-3-10)8-13-14(17)16(15(20)21-13)12-6-7-22(18,19)9-12/h2-5,8,12H,6-7,9H2,1H3/b13-8-/t12-/m0/s1. The Morgan fingerprint density at radius 3 is 2.59 bits per heavy atom. The average Bonchev–Trinajstić information content (AvgIpc) is 2.93. The van der Waals surface area contributed by atoms with Crippen LogP contribution in [0.2, 0.25) is 0 Å². The summed E-state index contributed by atoms with van der Waals surface area (Å²) in [5.41, 5.74) is 2.09. The van der Waals surface area contributed by atoms with Crippen molar-refractivity contribution in [2.75, 3.05) is 11.5 Å². The lowest BCUT2D eigenvalue weighted by molar-refractivity contribution is -0.123. The molecule has 0 radical (unpaired) electrons. The first kappa shape index (κ1) is 15.7. The summed E-state index contributed by atoms with van der Waals surface area (Å²) >= 11 is 6.52. The first-order chi connectivity index (χ1) is 10.4. The molecule has 0 spiro atoms. The van der Waals surface area contributed by atoms with E-state index in [9.17, 15) is 13.2 Å². The predicted molar refractivity (Wildman–Crippen MR) is 93.2 cm³/mol. The third-order valence-electron chi connectivity index (χ3n) is 3.77. The Hall–Kier alpha value is -1.18. The molecular formula is C15H15NO3S3. The van der Waals surface area contributed by atoms with Crippen molar-refractivity contribution >= 4 is 50.1 Å². The summed E-state index contributed by atoms with van der Waals surface area (Å²) in [6, 6.07) is 7.54. The van der Waals surface area contributed by atoms with Crippen molar-refractivity contribution in [2.24, 2.45) is 0 Å². The van der Waals surface area contributed by atoms with Crippen LogP contribution in [0.3, 0.4) is 0 Å². The summed E-state index contributed by atoms with van der Waals surface area (Å²) in [5.74, 6) is -0.0409. The lowest BCUT2D eigenvalue weighted by Crippen LogP contribution is -2.39. The number of carbonyl (C=O) groups excluding carboxylic acids is 1. The minimum absolute atomic E-state index is 0.0112. The molecule has 22 heavy (non-hydrogen) atoms. The van der Waals surface area contributed by atoms with Gasteiger partial charge >= 0.3 is 0 Å². The Kier molecular flexibility index (Phi) is 4.13. The summed E-state index contributed by atoms with van der Waals surface area (Å²) in [6.07, 6.45) is 2.27. The monoisotopic (exact) mass is 353 g/mol. The minimum Gasteiger partial charge on any atom is -0.289 e. The minimum atomic E-state index is -3.04. The number of benzene rings is 1. The first-order valence-corrected chi connectivity index (χ1v) is 9.94. The van der Waals surface area contributed by atoms with E-state index in [-0.39, 0.29) is 23.5 Å². The topological polar surface area (TPSA) is 54.5 Å². The van der Waals surface area contributed by atoms with Gasteiger partial charge in [-0.15, -0.1) is 0 Å². The highest BCUT2D eigenvalue weighted by Gasteiger charge is 2.41. The Morgan fingerprint density at radius 2 is 2.00 bits per heavy atom. The van der Waals surface area contributed by atoms with Crippen molar-refractivity contribution in [3.05, 3.63) is 40.3 Å². The van der Waals surface area contributed by atoms with Gasteiger partial charge in [0.25, 0.3) is 5.91 Å². The number of sulfone groups is 1. The number of thioether (sulfide) groups is 1. The van der Waals surface area contributed by atoms with Crippen molar-refractivity contribution in [3.63, 3.8) is 0 Å². The molecule has 0 saturated carbocycles. The summed E-state index contributed by atoms with van der Waals surface area (Å²) in [6.45, 7) is 2.00. The van der Waals surface area contributed by atoms with Gasteiger partial charge in [-0.1, -0.05) is 53.8 Å². The lowest BCUT2D eigenvalue weighted by atomic mass is 10.1. The van der Waals surface area contributed by atoms with Crippen molar-refractivity contribution in [1.29, 1.82) is 0 Å². The number of thiocarbonyl (C=S) groups is 1. The second-order valence-electron chi connectivity index (χ2n) is 5.52. The molecule has 1 atom stereocenters. The van der Waals surface area contributed by atoms with E-state index in [1.165, 1.54) is 16.7 Å². The summed E-state index contributed by atoms with van der Waals surface area (Å²) in [4.78, 5) is 14.6. The van der Waals surface area contributed by atoms with Crippen LogP contribution in [-0.2, 0) is 14.6 Å². The van der Waals surface area contributed by atoms with Crippen LogP contribution in [0.4, 0.5) is 0 Å². The van der Waals surface area contributed by atoms with E-state index in [4.69, 9.17) is 12.2 Å². The van der Waals surface area contributed by atoms with Crippen LogP contribution in [0, 0.1) is 6.92 Å². The number of amides is 1. The smallest absolute Gasteiger partial charge is 0.266 e. The number of nitrogens with zero attached hydrogens (tertiary/aromatic N) is 1. The highest BCUT2D eigenvalue weighted by atomic mass is 32.2. The van der Waals surface area contributed by atoms with E-state index < -0.39 is 9.84 Å². The largest absolute Gasteiger partial charge is 0.289 e. The zero-order chi connectivity index (χ0) is 15.9. The van der Waals surface area contributed by atoms with Gasteiger partial charge in [-0.3, -0.25) is 9.69 Å². The Labute approximate surface area is 139 Å². The predicted octanol–water partition coefficient (Wildman–Crippen LogP) is 2.38. The quantitative estimate of drug-likeness (QED) is 0.604. The van der Waals surface area contributed by atoms with E-state index in [0.717, 1.165) is 11.1 Å². The van der Waals surface area contributed by atoms with E-state index in [1.54, 1.807) is 0 Å². The van der Waals surface area contributed by atoms with Gasteiger partial charge in [0.2, 0.25) is 0 Å². The van der Waals surface area contributed by atoms with Gasteiger partial charge in [-0.25, -0.2) is 8.42 Å². The Balaban J connectivity index is 1.84. The molecule has 3 rings (SSSR count). The Bertz CT molecular complexity index is 766. The molecule has 4 nitrogen and oxygen atoms in total. The number of rotatable bonds is 2. The van der Waals surface area contributed by atoms with E-state index in [2.05, 4.69) is 0 Å². The fraction of sp³-hybridized carbons (Fsp3) is 0.333. The van der Waals surface area contributed by atoms with Gasteiger partial charge in [0.15, 0.2) is 9.84 Å². The summed E-state index contributed by atoms with van der Waals surface area (Å²) in [5, 5.41) is 0. The third-order valence-corrected chi connectivity index (χ3v) is 6.85. The molecule has 2 heterocycles. The third kappa shape index (κ3) is 3.11. The fourth-order valence-electron chi connectivity index (χ4n) is 2.59. The molecule has 0 aromatic heterocycles. The summed E-state index contributed by atoms with van der Waals surface area (Å²) in [7, 11) is -3.04. The molecule has 0 unspecified atom stereocenters. The SMILES string of the molecule is Cc1ccc(/C=C2\SC(=S)N([C@H]3CCS(=O)(=O)C3)C2=O)cc1. The number of hydrogen-bond donors (Lipinski definition) is 0. The van der Waals surface area contributed by atoms with Gasteiger partial charge in [0.05, 0.1) is 22.5 Å². The molecule has 0 bridgehead atoms. The molecule has 1 aromatic rings. The van der Waals surface area contributed by atoms with Crippen LogP contribution >= 0.6 is 24.0 Å². The van der Waals surface area contributed by atoms with Crippen molar-refractivity contribution in [1.82, 2.24) is 4.90 Å². The molecule has 2 aliphatic rings. The maximum atomic E-state index is 12.5. The van der Waals surface area contributed by atoms with Gasteiger partial charge in [-0.05, 0) is 25.0 Å². The molecule has 1 aromatic carbocycles. The van der Waals surface area contributed by atoms with Gasteiger partial charge in [0, 0.05) is 0 Å². The highest BCUT2D eigenvalue weighted by molar-refractivity contribution is 8.26. The highest BCUT2D eigenvalue weighted by Crippen LogP contribution is 2.36. The van der Waals surface area contributed by atoms with Crippen LogP contribution < -0.4 is 0 Å². The van der Waals surface area contributed by atoms with E-state index in [1.807, 2.05) is 37.3 Å². The maximum Gasteiger partial charge on any atom is 0.266 e. The maximum absolute atomic E-state index is 12.5. The molecule has 7 heteroatoms. The molecule has 2 fully saturated rings. The van der Waals surface area contributed by atoms with Crippen LogP contribution in [0.5, 0.6) is 0 Å². The van der Waals surface area contributed by atoms with Crippen molar-refractivity contribution in [2.45, 2.75) is 19.4 Å². The van der Waals surface area contributed by atoms with Gasteiger partial charge < -0.3 is 0 Å². The summed E-state index contributed by atoms with van der Waals surface area (Å²) < 4.78 is 23.7. The zero-order valence-corrected chi connectivity index (χ0v) is 14.4. The van der Waals surface area contributed by atoms with E-state index in [0.29, 0.717) is 15.6 Å². The molecule has 116 valence electrons. The first-order valence-electron chi connectivity index (χ1n) is 6.90. The molecule has 2 saturated heterocycles. The number of hydrogen-bond acceptors (Lipinski definition) is 5. The lowest BCUT2D eigenvalue weighted by Gasteiger charge is -2.20. The van der Waals surface area contributed by atoms with Gasteiger partial charge in [-0.2, -0.15) is 0 Å². The molecule has 1 amide bonds. The van der Waals surface area contributed by atoms with Crippen LogP contribution in [-0.4, -0.2) is 41.1 Å². The molecule has 0 N–H and O–H groups in total. The van der Waals surface area contributed by atoms with E-state index >= 15 is 0 Å². The average molecular weight is 353 g/mol. The van der Waals surface area contributed by atoms with Crippen LogP contribution in [0.25, 0.3) is 6.08 Å². The molecule has 2 aliphatic heterocycles. The van der Waals surface area contributed by atoms with Gasteiger partial charge in [0.1, 0.15) is 4.32 Å². The second kappa shape index (κ2) is 5.79. The molecular weight excluding hydrogens is 338 g/mol.